The molecule has 4 fully saturated rings. The van der Waals surface area contributed by atoms with Gasteiger partial charge in [0, 0.05) is 6.04 Å². The molecule has 4 aliphatic carbocycles. The fourth-order valence-corrected chi connectivity index (χ4v) is 5.21. The van der Waals surface area contributed by atoms with E-state index in [2.05, 4.69) is 39.2 Å². The van der Waals surface area contributed by atoms with Gasteiger partial charge in [0.1, 0.15) is 4.60 Å². The van der Waals surface area contributed by atoms with Gasteiger partial charge in [0.15, 0.2) is 0 Å². The normalized spacial score (nSPS) is 39.6. The molecule has 0 amide bonds. The fourth-order valence-electron chi connectivity index (χ4n) is 4.99. The first kappa shape index (κ1) is 12.2. The molecule has 1 aromatic rings. The maximum atomic E-state index is 4.42. The Hall–Kier alpha value is -0.570. The van der Waals surface area contributed by atoms with Gasteiger partial charge in [-0.25, -0.2) is 4.98 Å². The Morgan fingerprint density at radius 2 is 1.74 bits per heavy atom. The standard InChI is InChI=1S/C16H21BrN2/c1-9-2-14(8-18-16(9)17)19-15-12-4-10-3-11(6-12)7-13(15)5-10/h2,8,10-13,15,19H,3-7H2,1H3. The van der Waals surface area contributed by atoms with Crippen molar-refractivity contribution in [2.24, 2.45) is 23.7 Å². The van der Waals surface area contributed by atoms with Gasteiger partial charge in [0.2, 0.25) is 0 Å². The molecule has 4 bridgehead atoms. The molecule has 3 heteroatoms. The molecular weight excluding hydrogens is 300 g/mol. The average molecular weight is 321 g/mol. The van der Waals surface area contributed by atoms with Crippen LogP contribution in [0, 0.1) is 30.6 Å². The summed E-state index contributed by atoms with van der Waals surface area (Å²) < 4.78 is 0.961. The van der Waals surface area contributed by atoms with Crippen LogP contribution in [0.25, 0.3) is 0 Å². The minimum absolute atomic E-state index is 0.704. The summed E-state index contributed by atoms with van der Waals surface area (Å²) in [5, 5.41) is 3.81. The highest BCUT2D eigenvalue weighted by Crippen LogP contribution is 2.54. The maximum absolute atomic E-state index is 4.42. The Balaban J connectivity index is 1.55. The molecule has 0 aromatic carbocycles. The zero-order valence-electron chi connectivity index (χ0n) is 11.4. The summed E-state index contributed by atoms with van der Waals surface area (Å²) in [6, 6.07) is 2.93. The predicted octanol–water partition coefficient (Wildman–Crippen LogP) is 4.39. The van der Waals surface area contributed by atoms with Crippen LogP contribution in [0.4, 0.5) is 5.69 Å². The minimum Gasteiger partial charge on any atom is -0.381 e. The van der Waals surface area contributed by atoms with Gasteiger partial charge in [-0.2, -0.15) is 0 Å². The van der Waals surface area contributed by atoms with Gasteiger partial charge in [0.25, 0.3) is 0 Å². The van der Waals surface area contributed by atoms with Gasteiger partial charge < -0.3 is 5.32 Å². The van der Waals surface area contributed by atoms with Crippen molar-refractivity contribution >= 4 is 21.6 Å². The van der Waals surface area contributed by atoms with E-state index in [1.807, 2.05) is 6.20 Å². The zero-order valence-corrected chi connectivity index (χ0v) is 13.0. The molecule has 0 radical (unpaired) electrons. The molecule has 5 rings (SSSR count). The summed E-state index contributed by atoms with van der Waals surface area (Å²) in [5.41, 5.74) is 2.42. The molecule has 0 spiro atoms. The van der Waals surface area contributed by atoms with E-state index in [1.54, 1.807) is 0 Å². The zero-order chi connectivity index (χ0) is 13.0. The van der Waals surface area contributed by atoms with Crippen LogP contribution in [0.3, 0.4) is 0 Å². The number of nitrogens with one attached hydrogen (secondary N) is 1. The quantitative estimate of drug-likeness (QED) is 0.817. The topological polar surface area (TPSA) is 24.9 Å². The number of halogens is 1. The smallest absolute Gasteiger partial charge is 0.109 e. The van der Waals surface area contributed by atoms with Crippen molar-refractivity contribution < 1.29 is 0 Å². The monoisotopic (exact) mass is 320 g/mol. The van der Waals surface area contributed by atoms with Gasteiger partial charge in [-0.1, -0.05) is 0 Å². The van der Waals surface area contributed by atoms with Crippen molar-refractivity contribution in [3.8, 4) is 0 Å². The summed E-state index contributed by atoms with van der Waals surface area (Å²) in [6.45, 7) is 2.11. The Morgan fingerprint density at radius 3 is 2.32 bits per heavy atom. The summed E-state index contributed by atoms with van der Waals surface area (Å²) in [6.07, 6.45) is 9.36. The van der Waals surface area contributed by atoms with Crippen molar-refractivity contribution in [3.05, 3.63) is 22.4 Å². The predicted molar refractivity (Wildman–Crippen MR) is 81.1 cm³/mol. The number of rotatable bonds is 2. The molecule has 1 heterocycles. The summed E-state index contributed by atoms with van der Waals surface area (Å²) >= 11 is 3.48. The first-order valence-electron chi connectivity index (χ1n) is 7.57. The number of hydrogen-bond donors (Lipinski definition) is 1. The second-order valence-corrected chi connectivity index (χ2v) is 7.68. The van der Waals surface area contributed by atoms with Gasteiger partial charge in [-0.15, -0.1) is 0 Å². The SMILES string of the molecule is Cc1cc(NC2C3CC4CC(C3)CC2C4)cnc1Br. The van der Waals surface area contributed by atoms with Crippen LogP contribution in [0.2, 0.25) is 0 Å². The van der Waals surface area contributed by atoms with Gasteiger partial charge in [-0.05, 0) is 90.3 Å². The van der Waals surface area contributed by atoms with Gasteiger partial charge >= 0.3 is 0 Å². The van der Waals surface area contributed by atoms with Crippen molar-refractivity contribution in [2.75, 3.05) is 5.32 Å². The second-order valence-electron chi connectivity index (χ2n) is 6.93. The third-order valence-electron chi connectivity index (χ3n) is 5.57. The van der Waals surface area contributed by atoms with Crippen molar-refractivity contribution in [1.29, 1.82) is 0 Å². The highest BCUT2D eigenvalue weighted by Gasteiger charge is 2.48. The van der Waals surface area contributed by atoms with Crippen LogP contribution in [0.15, 0.2) is 16.9 Å². The van der Waals surface area contributed by atoms with Crippen LogP contribution in [0.5, 0.6) is 0 Å². The summed E-state index contributed by atoms with van der Waals surface area (Å²) in [4.78, 5) is 4.42. The summed E-state index contributed by atoms with van der Waals surface area (Å²) in [7, 11) is 0. The van der Waals surface area contributed by atoms with E-state index in [9.17, 15) is 0 Å². The molecule has 19 heavy (non-hydrogen) atoms. The van der Waals surface area contributed by atoms with E-state index < -0.39 is 0 Å². The van der Waals surface area contributed by atoms with E-state index in [1.165, 1.54) is 43.4 Å². The summed E-state index contributed by atoms with van der Waals surface area (Å²) in [5.74, 6) is 3.93. The lowest BCUT2D eigenvalue weighted by Gasteiger charge is -2.54. The molecule has 1 N–H and O–H groups in total. The molecule has 0 unspecified atom stereocenters. The maximum Gasteiger partial charge on any atom is 0.109 e. The van der Waals surface area contributed by atoms with Crippen LogP contribution in [0.1, 0.15) is 37.7 Å². The van der Waals surface area contributed by atoms with E-state index in [0.29, 0.717) is 6.04 Å². The minimum atomic E-state index is 0.704. The molecule has 4 saturated carbocycles. The molecule has 4 aliphatic rings. The van der Waals surface area contributed by atoms with Crippen LogP contribution < -0.4 is 5.32 Å². The molecule has 0 aliphatic heterocycles. The molecular formula is C16H21BrN2. The Labute approximate surface area is 123 Å². The van der Waals surface area contributed by atoms with Crippen LogP contribution >= 0.6 is 15.9 Å². The first-order valence-corrected chi connectivity index (χ1v) is 8.37. The van der Waals surface area contributed by atoms with Crippen molar-refractivity contribution in [3.63, 3.8) is 0 Å². The molecule has 0 atom stereocenters. The molecule has 0 saturated heterocycles. The van der Waals surface area contributed by atoms with Gasteiger partial charge in [-0.3, -0.25) is 0 Å². The van der Waals surface area contributed by atoms with E-state index >= 15 is 0 Å². The Morgan fingerprint density at radius 1 is 1.11 bits per heavy atom. The molecule has 102 valence electrons. The van der Waals surface area contributed by atoms with E-state index in [0.717, 1.165) is 28.3 Å². The van der Waals surface area contributed by atoms with E-state index in [-0.39, 0.29) is 0 Å². The van der Waals surface area contributed by atoms with Crippen LogP contribution in [-0.2, 0) is 0 Å². The number of anilines is 1. The fraction of sp³-hybridized carbons (Fsp3) is 0.688. The highest BCUT2D eigenvalue weighted by molar-refractivity contribution is 9.10. The number of aromatic nitrogens is 1. The van der Waals surface area contributed by atoms with Crippen molar-refractivity contribution in [1.82, 2.24) is 4.98 Å². The molecule has 1 aromatic heterocycles. The number of aryl methyl sites for hydroxylation is 1. The highest BCUT2D eigenvalue weighted by atomic mass is 79.9. The number of hydrogen-bond acceptors (Lipinski definition) is 2. The number of nitrogens with zero attached hydrogens (tertiary/aromatic N) is 1. The Bertz CT molecular complexity index is 472. The average Bonchev–Trinajstić information content (AvgIpc) is 2.37. The largest absolute Gasteiger partial charge is 0.381 e. The lowest BCUT2D eigenvalue weighted by atomic mass is 9.54. The third kappa shape index (κ3) is 2.10. The Kier molecular flexibility index (Phi) is 2.87. The lowest BCUT2D eigenvalue weighted by molar-refractivity contribution is 0.00753. The lowest BCUT2D eigenvalue weighted by Crippen LogP contribution is -2.51. The van der Waals surface area contributed by atoms with E-state index in [4.69, 9.17) is 0 Å². The van der Waals surface area contributed by atoms with Crippen molar-refractivity contribution in [2.45, 2.75) is 45.1 Å². The van der Waals surface area contributed by atoms with Crippen LogP contribution in [-0.4, -0.2) is 11.0 Å². The number of pyridine rings is 1. The second kappa shape index (κ2) is 4.47. The van der Waals surface area contributed by atoms with Gasteiger partial charge in [0.05, 0.1) is 11.9 Å². The third-order valence-corrected chi connectivity index (χ3v) is 6.40. The first-order chi connectivity index (χ1) is 9.19. The molecule has 2 nitrogen and oxygen atoms in total.